The van der Waals surface area contributed by atoms with Crippen LogP contribution < -0.4 is 4.90 Å². The van der Waals surface area contributed by atoms with Gasteiger partial charge in [-0.3, -0.25) is 0 Å². The van der Waals surface area contributed by atoms with Crippen molar-refractivity contribution in [3.05, 3.63) is 212 Å². The van der Waals surface area contributed by atoms with E-state index in [2.05, 4.69) is 217 Å². The molecule has 254 valence electrons. The molecule has 0 spiro atoms. The smallest absolute Gasteiger partial charge is 0.0540 e. The maximum Gasteiger partial charge on any atom is 0.0540 e. The minimum Gasteiger partial charge on any atom is -0.310 e. The summed E-state index contributed by atoms with van der Waals surface area (Å²) in [6.45, 7) is 0. The van der Waals surface area contributed by atoms with E-state index in [0.717, 1.165) is 17.1 Å². The van der Waals surface area contributed by atoms with Crippen LogP contribution in [0.4, 0.5) is 17.1 Å². The molecule has 0 unspecified atom stereocenters. The Morgan fingerprint density at radius 1 is 0.296 bits per heavy atom. The summed E-state index contributed by atoms with van der Waals surface area (Å²) in [5, 5.41) is 5.10. The third kappa shape index (κ3) is 5.84. The zero-order valence-corrected chi connectivity index (χ0v) is 30.4. The highest BCUT2D eigenvalue weighted by molar-refractivity contribution is 7.25. The van der Waals surface area contributed by atoms with Crippen LogP contribution in [0.3, 0.4) is 0 Å². The van der Waals surface area contributed by atoms with Crippen molar-refractivity contribution in [3.63, 3.8) is 0 Å². The van der Waals surface area contributed by atoms with Crippen molar-refractivity contribution in [1.82, 2.24) is 0 Å². The van der Waals surface area contributed by atoms with E-state index < -0.39 is 0 Å². The second kappa shape index (κ2) is 13.7. The zero-order valence-electron chi connectivity index (χ0n) is 29.6. The highest BCUT2D eigenvalue weighted by Crippen LogP contribution is 2.46. The Kier molecular flexibility index (Phi) is 8.09. The molecule has 0 amide bonds. The second-order valence-corrected chi connectivity index (χ2v) is 14.8. The first-order valence-electron chi connectivity index (χ1n) is 18.4. The molecule has 0 atom stereocenters. The van der Waals surface area contributed by atoms with E-state index in [1.165, 1.54) is 75.5 Å². The Labute approximate surface area is 319 Å². The topological polar surface area (TPSA) is 3.24 Å². The van der Waals surface area contributed by atoms with Gasteiger partial charge in [-0.2, -0.15) is 0 Å². The van der Waals surface area contributed by atoms with Crippen LogP contribution in [-0.4, -0.2) is 0 Å². The number of benzene rings is 9. The number of thiophene rings is 1. The first-order valence-corrected chi connectivity index (χ1v) is 19.2. The van der Waals surface area contributed by atoms with E-state index in [-0.39, 0.29) is 0 Å². The van der Waals surface area contributed by atoms with Gasteiger partial charge in [-0.15, -0.1) is 11.3 Å². The molecule has 0 radical (unpaired) electrons. The van der Waals surface area contributed by atoms with Gasteiger partial charge in [-0.25, -0.2) is 0 Å². The van der Waals surface area contributed by atoms with Gasteiger partial charge in [-0.1, -0.05) is 164 Å². The Morgan fingerprint density at radius 3 is 1.61 bits per heavy atom. The Morgan fingerprint density at radius 2 is 0.833 bits per heavy atom. The molecule has 2 heteroatoms. The molecule has 0 N–H and O–H groups in total. The molecule has 0 aliphatic rings. The van der Waals surface area contributed by atoms with Crippen molar-refractivity contribution in [3.8, 4) is 44.5 Å². The lowest BCUT2D eigenvalue weighted by atomic mass is 9.94. The van der Waals surface area contributed by atoms with E-state index in [4.69, 9.17) is 0 Å². The molecule has 0 bridgehead atoms. The first kappa shape index (κ1) is 32.0. The van der Waals surface area contributed by atoms with Gasteiger partial charge < -0.3 is 4.90 Å². The van der Waals surface area contributed by atoms with Crippen molar-refractivity contribution < 1.29 is 0 Å². The Hall–Kier alpha value is -6.74. The lowest BCUT2D eigenvalue weighted by molar-refractivity contribution is 1.29. The standard InChI is InChI=1S/C52H35NS/c1-3-15-36(16-4-1)41-32-42(37-17-5-2-6-18-37)34-44(33-41)53(43-29-30-49-48-25-10-12-28-51(48)54-52(49)35-43)50-27-11-9-24-47(50)40-22-13-21-39(31-40)46-26-14-20-38-19-7-8-23-45(38)46/h1-35H. The minimum absolute atomic E-state index is 1.10. The molecule has 0 saturated heterocycles. The molecule has 10 aromatic rings. The molecule has 54 heavy (non-hydrogen) atoms. The predicted molar refractivity (Wildman–Crippen MR) is 233 cm³/mol. The summed E-state index contributed by atoms with van der Waals surface area (Å²) in [7, 11) is 0. The summed E-state index contributed by atoms with van der Waals surface area (Å²) in [6.07, 6.45) is 0. The van der Waals surface area contributed by atoms with E-state index >= 15 is 0 Å². The molecule has 0 aliphatic carbocycles. The summed E-state index contributed by atoms with van der Waals surface area (Å²) in [5.41, 5.74) is 12.9. The largest absolute Gasteiger partial charge is 0.310 e. The maximum absolute atomic E-state index is 2.46. The van der Waals surface area contributed by atoms with Crippen LogP contribution in [0.15, 0.2) is 212 Å². The quantitative estimate of drug-likeness (QED) is 0.160. The van der Waals surface area contributed by atoms with E-state index in [9.17, 15) is 0 Å². The third-order valence-corrected chi connectivity index (χ3v) is 11.6. The fraction of sp³-hybridized carbons (Fsp3) is 0. The van der Waals surface area contributed by atoms with Crippen LogP contribution in [-0.2, 0) is 0 Å². The van der Waals surface area contributed by atoms with Crippen molar-refractivity contribution in [2.45, 2.75) is 0 Å². The third-order valence-electron chi connectivity index (χ3n) is 10.4. The number of anilines is 3. The summed E-state index contributed by atoms with van der Waals surface area (Å²) in [5.74, 6) is 0. The van der Waals surface area contributed by atoms with Gasteiger partial charge in [0.25, 0.3) is 0 Å². The summed E-state index contributed by atoms with van der Waals surface area (Å²) >= 11 is 1.86. The van der Waals surface area contributed by atoms with Gasteiger partial charge in [0, 0.05) is 37.1 Å². The van der Waals surface area contributed by atoms with Crippen LogP contribution in [0.1, 0.15) is 0 Å². The Balaban J connectivity index is 1.21. The summed E-state index contributed by atoms with van der Waals surface area (Å²) in [4.78, 5) is 2.46. The number of rotatable bonds is 7. The number of hydrogen-bond donors (Lipinski definition) is 0. The van der Waals surface area contributed by atoms with Crippen LogP contribution in [0.5, 0.6) is 0 Å². The molecule has 0 aliphatic heterocycles. The number of hydrogen-bond acceptors (Lipinski definition) is 2. The van der Waals surface area contributed by atoms with E-state index in [1.807, 2.05) is 11.3 Å². The molecule has 1 heterocycles. The highest BCUT2D eigenvalue weighted by atomic mass is 32.1. The van der Waals surface area contributed by atoms with Gasteiger partial charge in [0.2, 0.25) is 0 Å². The van der Waals surface area contributed by atoms with Crippen molar-refractivity contribution in [2.75, 3.05) is 4.90 Å². The fourth-order valence-electron chi connectivity index (χ4n) is 7.86. The van der Waals surface area contributed by atoms with Gasteiger partial charge >= 0.3 is 0 Å². The van der Waals surface area contributed by atoms with Crippen molar-refractivity contribution in [1.29, 1.82) is 0 Å². The SMILES string of the molecule is c1ccc(-c2cc(-c3ccccc3)cc(N(c3ccc4c(c3)sc3ccccc34)c3ccccc3-c3cccc(-c4cccc5ccccc45)c3)c2)cc1. The lowest BCUT2D eigenvalue weighted by Gasteiger charge is -2.29. The summed E-state index contributed by atoms with van der Waals surface area (Å²) < 4.78 is 2.58. The van der Waals surface area contributed by atoms with Gasteiger partial charge in [-0.05, 0) is 98.2 Å². The Bertz CT molecular complexity index is 2880. The molecular formula is C52H35NS. The number of nitrogens with zero attached hydrogens (tertiary/aromatic N) is 1. The van der Waals surface area contributed by atoms with Crippen LogP contribution in [0.2, 0.25) is 0 Å². The van der Waals surface area contributed by atoms with E-state index in [1.54, 1.807) is 0 Å². The minimum atomic E-state index is 1.10. The number of para-hydroxylation sites is 1. The van der Waals surface area contributed by atoms with Crippen LogP contribution >= 0.6 is 11.3 Å². The maximum atomic E-state index is 2.46. The monoisotopic (exact) mass is 705 g/mol. The average Bonchev–Trinajstić information content (AvgIpc) is 3.62. The van der Waals surface area contributed by atoms with Crippen molar-refractivity contribution in [2.24, 2.45) is 0 Å². The van der Waals surface area contributed by atoms with Crippen LogP contribution in [0, 0.1) is 0 Å². The van der Waals surface area contributed by atoms with Crippen molar-refractivity contribution >= 4 is 59.3 Å². The number of fused-ring (bicyclic) bond motifs is 4. The van der Waals surface area contributed by atoms with E-state index in [0.29, 0.717) is 0 Å². The lowest BCUT2D eigenvalue weighted by Crippen LogP contribution is -2.11. The average molecular weight is 706 g/mol. The predicted octanol–water partition coefficient (Wildman–Crippen LogP) is 15.3. The molecule has 9 aromatic carbocycles. The fourth-order valence-corrected chi connectivity index (χ4v) is 9.00. The van der Waals surface area contributed by atoms with Gasteiger partial charge in [0.05, 0.1) is 5.69 Å². The van der Waals surface area contributed by atoms with Gasteiger partial charge in [0.15, 0.2) is 0 Å². The first-order chi connectivity index (χ1) is 26.8. The molecule has 10 rings (SSSR count). The summed E-state index contributed by atoms with van der Waals surface area (Å²) in [6, 6.07) is 77.3. The molecule has 1 aromatic heterocycles. The molecule has 1 nitrogen and oxygen atoms in total. The molecule has 0 saturated carbocycles. The van der Waals surface area contributed by atoms with Crippen LogP contribution in [0.25, 0.3) is 75.5 Å². The van der Waals surface area contributed by atoms with Gasteiger partial charge in [0.1, 0.15) is 0 Å². The highest BCUT2D eigenvalue weighted by Gasteiger charge is 2.21. The second-order valence-electron chi connectivity index (χ2n) is 13.7. The normalized spacial score (nSPS) is 11.3. The molecule has 0 fully saturated rings. The zero-order chi connectivity index (χ0) is 35.8. The molecular weight excluding hydrogens is 671 g/mol.